The zero-order chi connectivity index (χ0) is 24.6. The first-order valence-electron chi connectivity index (χ1n) is 13.5. The highest BCUT2D eigenvalue weighted by Crippen LogP contribution is 2.28. The summed E-state index contributed by atoms with van der Waals surface area (Å²) >= 11 is 12.9. The number of aryl methyl sites for hydroxylation is 1. The average Bonchev–Trinajstić information content (AvgIpc) is 2.83. The summed E-state index contributed by atoms with van der Waals surface area (Å²) in [6.07, 6.45) is 16.7. The Balaban J connectivity index is 1.79. The summed E-state index contributed by atoms with van der Waals surface area (Å²) in [5, 5.41) is 0.807. The van der Waals surface area contributed by atoms with Gasteiger partial charge in [0.1, 0.15) is 16.5 Å². The Bertz CT molecular complexity index is 787. The summed E-state index contributed by atoms with van der Waals surface area (Å²) in [4.78, 5) is 9.00. The third-order valence-corrected chi connectivity index (χ3v) is 7.13. The van der Waals surface area contributed by atoms with Crippen molar-refractivity contribution in [2.45, 2.75) is 123 Å². The van der Waals surface area contributed by atoms with Gasteiger partial charge in [0.2, 0.25) is 0 Å². The summed E-state index contributed by atoms with van der Waals surface area (Å²) < 4.78 is 13.8. The molecule has 0 aliphatic carbocycles. The molecule has 0 radical (unpaired) electrons. The largest absolute Gasteiger partial charge is 0.247 e. The van der Waals surface area contributed by atoms with Crippen LogP contribution in [0.15, 0.2) is 24.3 Å². The molecule has 1 unspecified atom stereocenters. The van der Waals surface area contributed by atoms with Gasteiger partial charge >= 0.3 is 0 Å². The molecule has 1 aromatic carbocycles. The van der Waals surface area contributed by atoms with Gasteiger partial charge < -0.3 is 0 Å². The zero-order valence-electron chi connectivity index (χ0n) is 21.2. The van der Waals surface area contributed by atoms with Gasteiger partial charge in [-0.05, 0) is 44.1 Å². The van der Waals surface area contributed by atoms with Crippen LogP contribution < -0.4 is 0 Å². The van der Waals surface area contributed by atoms with Crippen LogP contribution in [0, 0.1) is 0 Å². The number of hydrogen-bond acceptors (Lipinski definition) is 2. The monoisotopic (exact) mass is 508 g/mol. The van der Waals surface area contributed by atoms with E-state index in [-0.39, 0.29) is 0 Å². The van der Waals surface area contributed by atoms with Crippen LogP contribution in [0.5, 0.6) is 0 Å². The second kappa shape index (κ2) is 17.3. The van der Waals surface area contributed by atoms with E-state index in [1.165, 1.54) is 56.9 Å². The van der Waals surface area contributed by atoms with E-state index in [4.69, 9.17) is 23.2 Å². The topological polar surface area (TPSA) is 25.8 Å². The van der Waals surface area contributed by atoms with E-state index < -0.39 is 6.17 Å². The highest BCUT2D eigenvalue weighted by Gasteiger charge is 2.13. The minimum absolute atomic E-state index is 0.404. The van der Waals surface area contributed by atoms with Gasteiger partial charge in [-0.2, -0.15) is 0 Å². The smallest absolute Gasteiger partial charge is 0.162 e. The Morgan fingerprint density at radius 3 is 1.82 bits per heavy atom. The van der Waals surface area contributed by atoms with Crippen molar-refractivity contribution in [1.82, 2.24) is 9.97 Å². The number of halogens is 3. The van der Waals surface area contributed by atoms with Crippen molar-refractivity contribution >= 4 is 23.2 Å². The molecule has 2 aromatic rings. The van der Waals surface area contributed by atoms with Gasteiger partial charge in [0.25, 0.3) is 0 Å². The van der Waals surface area contributed by atoms with E-state index in [9.17, 15) is 4.39 Å². The molecular formula is C29H43Cl2FN2. The summed E-state index contributed by atoms with van der Waals surface area (Å²) in [5.74, 6) is 0.556. The van der Waals surface area contributed by atoms with Gasteiger partial charge in [-0.3, -0.25) is 0 Å². The lowest BCUT2D eigenvalue weighted by atomic mass is 10.0. The van der Waals surface area contributed by atoms with Crippen LogP contribution in [-0.4, -0.2) is 16.1 Å². The maximum Gasteiger partial charge on any atom is 0.162 e. The number of benzene rings is 1. The van der Waals surface area contributed by atoms with E-state index in [0.717, 1.165) is 43.2 Å². The van der Waals surface area contributed by atoms with E-state index in [2.05, 4.69) is 48.1 Å². The molecule has 0 saturated heterocycles. The first-order valence-corrected chi connectivity index (χ1v) is 14.3. The fraction of sp³-hybridized carbons (Fsp3) is 0.655. The molecule has 2 rings (SSSR count). The van der Waals surface area contributed by atoms with Crippen molar-refractivity contribution < 1.29 is 4.39 Å². The molecular weight excluding hydrogens is 466 g/mol. The van der Waals surface area contributed by atoms with E-state index >= 15 is 0 Å². The van der Waals surface area contributed by atoms with Gasteiger partial charge in [-0.15, -0.1) is 0 Å². The molecule has 0 N–H and O–H groups in total. The standard InChI is InChI=1S/C29H43Cl2FN2/c1-3-5-7-8-9-10-11-12-15-23-19-21-24(22-20-23)29-33-27(30)26(28(31)34-29)18-14-13-17-25(32)16-6-4-2/h19-22,25H,3-18H2,1-2H3. The number of alkyl halides is 1. The lowest BCUT2D eigenvalue weighted by Gasteiger charge is -2.10. The summed E-state index contributed by atoms with van der Waals surface area (Å²) in [7, 11) is 0. The maximum atomic E-state index is 13.8. The molecule has 0 fully saturated rings. The Hall–Kier alpha value is -1.19. The Morgan fingerprint density at radius 1 is 0.676 bits per heavy atom. The van der Waals surface area contributed by atoms with Crippen LogP contribution in [0.2, 0.25) is 10.3 Å². The molecule has 190 valence electrons. The molecule has 1 aromatic heterocycles. The zero-order valence-corrected chi connectivity index (χ0v) is 22.7. The normalized spacial score (nSPS) is 12.3. The molecule has 5 heteroatoms. The molecule has 2 nitrogen and oxygen atoms in total. The summed E-state index contributed by atoms with van der Waals surface area (Å²) in [6.45, 7) is 4.35. The average molecular weight is 510 g/mol. The lowest BCUT2D eigenvalue weighted by molar-refractivity contribution is 0.282. The highest BCUT2D eigenvalue weighted by molar-refractivity contribution is 6.34. The highest BCUT2D eigenvalue weighted by atomic mass is 35.5. The van der Waals surface area contributed by atoms with Gasteiger partial charge in [0.15, 0.2) is 5.82 Å². The number of rotatable bonds is 18. The molecule has 1 heterocycles. The van der Waals surface area contributed by atoms with Crippen LogP contribution in [-0.2, 0) is 12.8 Å². The number of unbranched alkanes of at least 4 members (excludes halogenated alkanes) is 9. The Kier molecular flexibility index (Phi) is 14.8. The minimum atomic E-state index is -0.706. The summed E-state index contributed by atoms with van der Waals surface area (Å²) in [6, 6.07) is 8.42. The summed E-state index contributed by atoms with van der Waals surface area (Å²) in [5.41, 5.74) is 3.03. The molecule has 0 aliphatic heterocycles. The van der Waals surface area contributed by atoms with Gasteiger partial charge in [0.05, 0.1) is 0 Å². The molecule has 0 amide bonds. The van der Waals surface area contributed by atoms with Crippen LogP contribution >= 0.6 is 23.2 Å². The lowest BCUT2D eigenvalue weighted by Crippen LogP contribution is -2.01. The van der Waals surface area contributed by atoms with Gasteiger partial charge in [-0.1, -0.05) is 126 Å². The fourth-order valence-corrected chi connectivity index (χ4v) is 4.86. The second-order valence-corrected chi connectivity index (χ2v) is 10.2. The third kappa shape index (κ3) is 11.0. The van der Waals surface area contributed by atoms with E-state index in [1.807, 2.05) is 0 Å². The quantitative estimate of drug-likeness (QED) is 0.148. The predicted molar refractivity (Wildman–Crippen MR) is 146 cm³/mol. The van der Waals surface area contributed by atoms with Crippen molar-refractivity contribution in [3.63, 3.8) is 0 Å². The SMILES string of the molecule is CCCCCCCCCCc1ccc(-c2nc(Cl)c(CCCCC(F)CCCC)c(Cl)n2)cc1. The van der Waals surface area contributed by atoms with E-state index in [1.54, 1.807) is 0 Å². The van der Waals surface area contributed by atoms with Crippen molar-refractivity contribution in [3.8, 4) is 11.4 Å². The van der Waals surface area contributed by atoms with Gasteiger partial charge in [0, 0.05) is 11.1 Å². The Labute approximate surface area is 217 Å². The molecule has 1 atom stereocenters. The van der Waals surface area contributed by atoms with Crippen molar-refractivity contribution in [2.24, 2.45) is 0 Å². The van der Waals surface area contributed by atoms with Crippen LogP contribution in [0.25, 0.3) is 11.4 Å². The fourth-order valence-electron chi connectivity index (χ4n) is 4.29. The van der Waals surface area contributed by atoms with E-state index in [0.29, 0.717) is 35.4 Å². The van der Waals surface area contributed by atoms with Gasteiger partial charge in [-0.25, -0.2) is 14.4 Å². The van der Waals surface area contributed by atoms with Crippen LogP contribution in [0.4, 0.5) is 4.39 Å². The minimum Gasteiger partial charge on any atom is -0.247 e. The Morgan fingerprint density at radius 2 is 1.21 bits per heavy atom. The predicted octanol–water partition coefficient (Wildman–Crippen LogP) is 10.4. The first kappa shape index (κ1) is 29.0. The molecule has 0 aliphatic rings. The number of nitrogens with zero attached hydrogens (tertiary/aromatic N) is 2. The maximum absolute atomic E-state index is 13.8. The molecule has 34 heavy (non-hydrogen) atoms. The third-order valence-electron chi connectivity index (χ3n) is 6.50. The first-order chi connectivity index (χ1) is 16.5. The van der Waals surface area contributed by atoms with Crippen LogP contribution in [0.1, 0.15) is 115 Å². The van der Waals surface area contributed by atoms with Crippen molar-refractivity contribution in [2.75, 3.05) is 0 Å². The molecule has 0 bridgehead atoms. The van der Waals surface area contributed by atoms with Crippen molar-refractivity contribution in [3.05, 3.63) is 45.7 Å². The number of hydrogen-bond donors (Lipinski definition) is 0. The second-order valence-electron chi connectivity index (χ2n) is 9.51. The number of aromatic nitrogens is 2. The van der Waals surface area contributed by atoms with Crippen molar-refractivity contribution in [1.29, 1.82) is 0 Å². The molecule has 0 spiro atoms. The van der Waals surface area contributed by atoms with Crippen LogP contribution in [0.3, 0.4) is 0 Å². The molecule has 0 saturated carbocycles.